The van der Waals surface area contributed by atoms with Crippen molar-refractivity contribution in [3.63, 3.8) is 0 Å². The molecule has 0 bridgehead atoms. The lowest BCUT2D eigenvalue weighted by Crippen LogP contribution is -2.22. The smallest absolute Gasteiger partial charge is 0.303 e. The van der Waals surface area contributed by atoms with Gasteiger partial charge < -0.3 is 10.4 Å². The molecule has 1 amide bonds. The summed E-state index contributed by atoms with van der Waals surface area (Å²) in [4.78, 5) is 33.2. The summed E-state index contributed by atoms with van der Waals surface area (Å²) in [5, 5.41) is 12.3. The Labute approximate surface area is 206 Å². The molecule has 0 radical (unpaired) electrons. The SMILES string of the molecule is O=C(O)CCCCc1nc2cc(C(=O)NCc3cccc(F)c3)ccc2nc1-c1ccc(Cl)cc1. The number of rotatable bonds is 9. The topological polar surface area (TPSA) is 92.2 Å². The van der Waals surface area contributed by atoms with Gasteiger partial charge in [-0.2, -0.15) is 0 Å². The molecule has 178 valence electrons. The molecule has 6 nitrogen and oxygen atoms in total. The van der Waals surface area contributed by atoms with Crippen molar-refractivity contribution in [1.82, 2.24) is 15.3 Å². The van der Waals surface area contributed by atoms with E-state index in [-0.39, 0.29) is 24.7 Å². The van der Waals surface area contributed by atoms with Gasteiger partial charge in [-0.1, -0.05) is 35.9 Å². The van der Waals surface area contributed by atoms with Crippen LogP contribution in [0.1, 0.15) is 40.9 Å². The zero-order valence-corrected chi connectivity index (χ0v) is 19.6. The zero-order valence-electron chi connectivity index (χ0n) is 18.8. The Hall–Kier alpha value is -3.84. The van der Waals surface area contributed by atoms with Gasteiger partial charge in [0.25, 0.3) is 5.91 Å². The van der Waals surface area contributed by atoms with Crippen molar-refractivity contribution in [2.75, 3.05) is 0 Å². The molecular weight excluding hydrogens is 469 g/mol. The van der Waals surface area contributed by atoms with Gasteiger partial charge in [0.05, 0.1) is 22.4 Å². The van der Waals surface area contributed by atoms with E-state index in [0.29, 0.717) is 52.1 Å². The fraction of sp³-hybridized carbons (Fsp3) is 0.185. The average molecular weight is 492 g/mol. The van der Waals surface area contributed by atoms with Crippen LogP contribution in [-0.2, 0) is 17.8 Å². The number of aryl methyl sites for hydroxylation is 1. The van der Waals surface area contributed by atoms with Crippen LogP contribution in [0.2, 0.25) is 5.02 Å². The molecule has 4 aromatic rings. The molecule has 2 N–H and O–H groups in total. The molecule has 0 aliphatic heterocycles. The van der Waals surface area contributed by atoms with Crippen LogP contribution in [0.4, 0.5) is 4.39 Å². The predicted octanol–water partition coefficient (Wildman–Crippen LogP) is 5.82. The lowest BCUT2D eigenvalue weighted by atomic mass is 10.0. The van der Waals surface area contributed by atoms with E-state index in [9.17, 15) is 14.0 Å². The number of amides is 1. The number of hydrogen-bond acceptors (Lipinski definition) is 4. The van der Waals surface area contributed by atoms with E-state index in [1.54, 1.807) is 42.5 Å². The highest BCUT2D eigenvalue weighted by Gasteiger charge is 2.14. The van der Waals surface area contributed by atoms with E-state index >= 15 is 0 Å². The molecule has 0 fully saturated rings. The van der Waals surface area contributed by atoms with Crippen molar-refractivity contribution in [2.45, 2.75) is 32.2 Å². The Morgan fingerprint density at radius 1 is 0.943 bits per heavy atom. The van der Waals surface area contributed by atoms with Crippen molar-refractivity contribution in [1.29, 1.82) is 0 Å². The van der Waals surface area contributed by atoms with Crippen LogP contribution in [0, 0.1) is 5.82 Å². The molecule has 0 atom stereocenters. The van der Waals surface area contributed by atoms with Crippen molar-refractivity contribution in [2.24, 2.45) is 0 Å². The minimum atomic E-state index is -0.832. The van der Waals surface area contributed by atoms with E-state index in [1.165, 1.54) is 12.1 Å². The Kier molecular flexibility index (Phi) is 7.67. The molecule has 1 aromatic heterocycles. The number of benzene rings is 3. The average Bonchev–Trinajstić information content (AvgIpc) is 2.85. The Morgan fingerprint density at radius 3 is 2.49 bits per heavy atom. The summed E-state index contributed by atoms with van der Waals surface area (Å²) in [5.74, 6) is -1.49. The van der Waals surface area contributed by atoms with E-state index in [4.69, 9.17) is 26.7 Å². The highest BCUT2D eigenvalue weighted by molar-refractivity contribution is 6.30. The summed E-state index contributed by atoms with van der Waals surface area (Å²) in [6, 6.07) is 18.5. The third-order valence-electron chi connectivity index (χ3n) is 5.51. The molecule has 1 heterocycles. The maximum absolute atomic E-state index is 13.4. The Balaban J connectivity index is 1.60. The number of fused-ring (bicyclic) bond motifs is 1. The summed E-state index contributed by atoms with van der Waals surface area (Å²) in [6.07, 6.45) is 1.80. The van der Waals surface area contributed by atoms with E-state index in [2.05, 4.69) is 5.32 Å². The zero-order chi connectivity index (χ0) is 24.8. The third kappa shape index (κ3) is 6.39. The molecule has 0 aliphatic carbocycles. The minimum absolute atomic E-state index is 0.0902. The van der Waals surface area contributed by atoms with Crippen molar-refractivity contribution in [3.05, 3.63) is 94.4 Å². The summed E-state index contributed by atoms with van der Waals surface area (Å²) in [6.45, 7) is 0.199. The number of nitrogens with one attached hydrogen (secondary N) is 1. The van der Waals surface area contributed by atoms with Crippen LogP contribution in [-0.4, -0.2) is 27.0 Å². The number of hydrogen-bond donors (Lipinski definition) is 2. The number of unbranched alkanes of at least 4 members (excludes halogenated alkanes) is 1. The fourth-order valence-electron chi connectivity index (χ4n) is 3.75. The monoisotopic (exact) mass is 491 g/mol. The van der Waals surface area contributed by atoms with Crippen molar-refractivity contribution in [3.8, 4) is 11.3 Å². The highest BCUT2D eigenvalue weighted by atomic mass is 35.5. The Bertz CT molecular complexity index is 1380. The van der Waals surface area contributed by atoms with E-state index in [1.807, 2.05) is 12.1 Å². The van der Waals surface area contributed by atoms with Crippen molar-refractivity contribution >= 4 is 34.5 Å². The fourth-order valence-corrected chi connectivity index (χ4v) is 3.87. The van der Waals surface area contributed by atoms with Gasteiger partial charge in [0.1, 0.15) is 5.82 Å². The predicted molar refractivity (Wildman–Crippen MR) is 133 cm³/mol. The summed E-state index contributed by atoms with van der Waals surface area (Å²) in [7, 11) is 0. The number of carboxylic acids is 1. The quantitative estimate of drug-likeness (QED) is 0.288. The number of aromatic nitrogens is 2. The first-order valence-corrected chi connectivity index (χ1v) is 11.6. The van der Waals surface area contributed by atoms with Crippen LogP contribution in [0.5, 0.6) is 0 Å². The van der Waals surface area contributed by atoms with Gasteiger partial charge >= 0.3 is 5.97 Å². The van der Waals surface area contributed by atoms with E-state index in [0.717, 1.165) is 11.3 Å². The highest BCUT2D eigenvalue weighted by Crippen LogP contribution is 2.26. The minimum Gasteiger partial charge on any atom is -0.481 e. The van der Waals surface area contributed by atoms with Gasteiger partial charge in [-0.05, 0) is 67.3 Å². The second-order valence-electron chi connectivity index (χ2n) is 8.14. The van der Waals surface area contributed by atoms with Gasteiger partial charge in [0.15, 0.2) is 0 Å². The molecule has 8 heteroatoms. The van der Waals surface area contributed by atoms with Gasteiger partial charge in [-0.3, -0.25) is 9.59 Å². The molecule has 0 saturated heterocycles. The van der Waals surface area contributed by atoms with Gasteiger partial charge in [0, 0.05) is 29.1 Å². The number of carbonyl (C=O) groups is 2. The number of aliphatic carboxylic acids is 1. The van der Waals surface area contributed by atoms with Gasteiger partial charge in [0.2, 0.25) is 0 Å². The van der Waals surface area contributed by atoms with Gasteiger partial charge in [-0.15, -0.1) is 0 Å². The van der Waals surface area contributed by atoms with Crippen LogP contribution in [0.25, 0.3) is 22.3 Å². The number of carbonyl (C=O) groups excluding carboxylic acids is 1. The first kappa shape index (κ1) is 24.3. The Morgan fingerprint density at radius 2 is 1.74 bits per heavy atom. The second-order valence-corrected chi connectivity index (χ2v) is 8.58. The maximum Gasteiger partial charge on any atom is 0.303 e. The third-order valence-corrected chi connectivity index (χ3v) is 5.76. The summed E-state index contributed by atoms with van der Waals surface area (Å²) >= 11 is 6.04. The molecule has 0 unspecified atom stereocenters. The van der Waals surface area contributed by atoms with Crippen LogP contribution >= 0.6 is 11.6 Å². The number of carboxylic acid groups (broad SMARTS) is 1. The van der Waals surface area contributed by atoms with Crippen LogP contribution < -0.4 is 5.32 Å². The normalized spacial score (nSPS) is 10.9. The molecule has 3 aromatic carbocycles. The maximum atomic E-state index is 13.4. The first-order valence-electron chi connectivity index (χ1n) is 11.2. The second kappa shape index (κ2) is 11.1. The standard InChI is InChI=1S/C27H23ClFN3O3/c28-20-11-8-18(9-12-20)26-23(6-1-2-7-25(33)34)31-24-15-19(10-13-22(24)32-26)27(35)30-16-17-4-3-5-21(29)14-17/h3-5,8-15H,1-2,6-7,16H2,(H,30,35)(H,33,34). The summed E-state index contributed by atoms with van der Waals surface area (Å²) < 4.78 is 13.4. The molecule has 0 spiro atoms. The molecular formula is C27H23ClFN3O3. The number of halogens is 2. The molecule has 0 saturated carbocycles. The summed E-state index contributed by atoms with van der Waals surface area (Å²) in [5.41, 5.74) is 4.55. The molecule has 35 heavy (non-hydrogen) atoms. The number of nitrogens with zero attached hydrogens (tertiary/aromatic N) is 2. The largest absolute Gasteiger partial charge is 0.481 e. The van der Waals surface area contributed by atoms with Crippen LogP contribution in [0.3, 0.4) is 0 Å². The van der Waals surface area contributed by atoms with E-state index < -0.39 is 5.97 Å². The molecule has 0 aliphatic rings. The lowest BCUT2D eigenvalue weighted by molar-refractivity contribution is -0.137. The first-order chi connectivity index (χ1) is 16.9. The van der Waals surface area contributed by atoms with Gasteiger partial charge in [-0.25, -0.2) is 14.4 Å². The van der Waals surface area contributed by atoms with Crippen LogP contribution in [0.15, 0.2) is 66.7 Å². The molecule has 4 rings (SSSR count). The van der Waals surface area contributed by atoms with Crippen molar-refractivity contribution < 1.29 is 19.1 Å². The lowest BCUT2D eigenvalue weighted by Gasteiger charge is -2.11.